The second-order valence-corrected chi connectivity index (χ2v) is 6.67. The lowest BCUT2D eigenvalue weighted by Crippen LogP contribution is -2.32. The van der Waals surface area contributed by atoms with Crippen LogP contribution in [-0.2, 0) is 11.2 Å². The molecule has 2 aromatic carbocycles. The summed E-state index contributed by atoms with van der Waals surface area (Å²) in [5.41, 5.74) is 2.58. The molecule has 0 unspecified atom stereocenters. The van der Waals surface area contributed by atoms with Gasteiger partial charge in [0.1, 0.15) is 11.4 Å². The Balaban J connectivity index is 1.68. The Labute approximate surface area is 167 Å². The van der Waals surface area contributed by atoms with Crippen molar-refractivity contribution in [2.24, 2.45) is 0 Å². The van der Waals surface area contributed by atoms with Crippen molar-refractivity contribution in [1.82, 2.24) is 9.88 Å². The summed E-state index contributed by atoms with van der Waals surface area (Å²) in [6.45, 7) is 2.14. The van der Waals surface area contributed by atoms with Crippen molar-refractivity contribution in [3.05, 3.63) is 64.8 Å². The number of carbonyl (C=O) groups excluding carboxylic acids is 3. The number of carbonyl (C=O) groups is 3. The highest BCUT2D eigenvalue weighted by molar-refractivity contribution is 6.21. The molecule has 0 atom stereocenters. The molecule has 3 aromatic rings. The molecule has 148 valence electrons. The molecule has 4 rings (SSSR count). The number of nitrogens with one attached hydrogen (secondary N) is 1. The van der Waals surface area contributed by atoms with Crippen molar-refractivity contribution in [3.63, 3.8) is 0 Å². The Hall–Kier alpha value is -3.61. The first-order valence-corrected chi connectivity index (χ1v) is 9.36. The van der Waals surface area contributed by atoms with Gasteiger partial charge in [-0.15, -0.1) is 0 Å². The zero-order chi connectivity index (χ0) is 20.5. The van der Waals surface area contributed by atoms with Gasteiger partial charge in [0.2, 0.25) is 0 Å². The molecular formula is C22H20N2O5. The summed E-state index contributed by atoms with van der Waals surface area (Å²) < 4.78 is 10.5. The normalized spacial score (nSPS) is 13.1. The number of aromatic amines is 1. The molecule has 7 heteroatoms. The van der Waals surface area contributed by atoms with E-state index in [4.69, 9.17) is 9.47 Å². The molecule has 0 radical (unpaired) electrons. The Bertz CT molecular complexity index is 1100. The predicted molar refractivity (Wildman–Crippen MR) is 106 cm³/mol. The summed E-state index contributed by atoms with van der Waals surface area (Å²) in [5, 5.41) is 0.795. The summed E-state index contributed by atoms with van der Waals surface area (Å²) in [4.78, 5) is 42.1. The highest BCUT2D eigenvalue weighted by Gasteiger charge is 2.35. The summed E-state index contributed by atoms with van der Waals surface area (Å²) in [5.74, 6) is -0.463. The van der Waals surface area contributed by atoms with Crippen LogP contribution < -0.4 is 4.74 Å². The molecule has 29 heavy (non-hydrogen) atoms. The summed E-state index contributed by atoms with van der Waals surface area (Å²) >= 11 is 0. The van der Waals surface area contributed by atoms with Crippen LogP contribution in [0, 0.1) is 0 Å². The van der Waals surface area contributed by atoms with Crippen molar-refractivity contribution in [2.45, 2.75) is 13.3 Å². The van der Waals surface area contributed by atoms with E-state index < -0.39 is 5.97 Å². The molecule has 0 saturated carbocycles. The van der Waals surface area contributed by atoms with Crippen LogP contribution in [0.15, 0.2) is 42.5 Å². The van der Waals surface area contributed by atoms with E-state index >= 15 is 0 Å². The molecule has 0 fully saturated rings. The summed E-state index contributed by atoms with van der Waals surface area (Å²) in [6.07, 6.45) is 0.312. The highest BCUT2D eigenvalue weighted by atomic mass is 16.5. The van der Waals surface area contributed by atoms with E-state index in [1.54, 1.807) is 44.4 Å². The Morgan fingerprint density at radius 3 is 2.38 bits per heavy atom. The van der Waals surface area contributed by atoms with Gasteiger partial charge in [-0.05, 0) is 49.2 Å². The minimum absolute atomic E-state index is 0.156. The van der Waals surface area contributed by atoms with Crippen molar-refractivity contribution >= 4 is 28.7 Å². The van der Waals surface area contributed by atoms with Gasteiger partial charge in [0.15, 0.2) is 0 Å². The highest BCUT2D eigenvalue weighted by Crippen LogP contribution is 2.29. The van der Waals surface area contributed by atoms with E-state index in [1.807, 2.05) is 12.1 Å². The number of methoxy groups -OCH3 is 1. The maximum atomic E-state index is 12.6. The van der Waals surface area contributed by atoms with E-state index in [9.17, 15) is 14.4 Å². The second kappa shape index (κ2) is 7.43. The summed E-state index contributed by atoms with van der Waals surface area (Å²) in [7, 11) is 1.57. The molecule has 0 aliphatic carbocycles. The number of H-pyrrole nitrogens is 1. The average Bonchev–Trinajstić information content (AvgIpc) is 3.22. The van der Waals surface area contributed by atoms with Gasteiger partial charge in [-0.1, -0.05) is 12.1 Å². The molecule has 1 aromatic heterocycles. The molecule has 2 heterocycles. The minimum atomic E-state index is -0.472. The van der Waals surface area contributed by atoms with Crippen molar-refractivity contribution in [2.75, 3.05) is 20.3 Å². The maximum absolute atomic E-state index is 12.6. The summed E-state index contributed by atoms with van der Waals surface area (Å²) in [6, 6.07) is 12.2. The molecule has 1 aliphatic heterocycles. The van der Waals surface area contributed by atoms with Crippen LogP contribution >= 0.6 is 0 Å². The van der Waals surface area contributed by atoms with Gasteiger partial charge >= 0.3 is 5.97 Å². The topological polar surface area (TPSA) is 88.7 Å². The monoisotopic (exact) mass is 392 g/mol. The van der Waals surface area contributed by atoms with Gasteiger partial charge in [0.05, 0.1) is 24.8 Å². The number of rotatable bonds is 6. The fraction of sp³-hybridized carbons (Fsp3) is 0.227. The number of esters is 1. The first-order chi connectivity index (χ1) is 14.0. The maximum Gasteiger partial charge on any atom is 0.355 e. The zero-order valence-electron chi connectivity index (χ0n) is 16.2. The predicted octanol–water partition coefficient (Wildman–Crippen LogP) is 3.19. The number of fused-ring (bicyclic) bond motifs is 2. The lowest BCUT2D eigenvalue weighted by Gasteiger charge is -2.14. The lowest BCUT2D eigenvalue weighted by molar-refractivity contribution is 0.0519. The third kappa shape index (κ3) is 3.14. The molecular weight excluding hydrogens is 372 g/mol. The van der Waals surface area contributed by atoms with Crippen molar-refractivity contribution in [1.29, 1.82) is 0 Å². The number of hydrogen-bond acceptors (Lipinski definition) is 5. The minimum Gasteiger partial charge on any atom is -0.497 e. The number of amides is 2. The molecule has 0 saturated heterocycles. The standard InChI is InChI=1S/C22H20N2O5/c1-3-29-22(27)19-14(17-12-13(28-2)8-9-18(17)23-19)10-11-24-20(25)15-6-4-5-7-16(15)21(24)26/h4-9,12,23H,3,10-11H2,1-2H3. The molecule has 0 spiro atoms. The smallest absolute Gasteiger partial charge is 0.355 e. The van der Waals surface area contributed by atoms with Crippen LogP contribution in [0.2, 0.25) is 0 Å². The van der Waals surface area contributed by atoms with Crippen LogP contribution in [0.5, 0.6) is 5.75 Å². The van der Waals surface area contributed by atoms with Crippen LogP contribution in [-0.4, -0.2) is 47.9 Å². The molecule has 0 bridgehead atoms. The molecule has 1 aliphatic rings. The number of aromatic nitrogens is 1. The number of ether oxygens (including phenoxy) is 2. The zero-order valence-corrected chi connectivity index (χ0v) is 16.2. The van der Waals surface area contributed by atoms with Gasteiger partial charge in [0.25, 0.3) is 11.8 Å². The molecule has 2 amide bonds. The number of nitrogens with zero attached hydrogens (tertiary/aromatic N) is 1. The van der Waals surface area contributed by atoms with E-state index in [2.05, 4.69) is 4.98 Å². The Morgan fingerprint density at radius 2 is 1.76 bits per heavy atom. The van der Waals surface area contributed by atoms with Gasteiger partial charge in [-0.25, -0.2) is 4.79 Å². The van der Waals surface area contributed by atoms with Crippen molar-refractivity contribution < 1.29 is 23.9 Å². The number of benzene rings is 2. The van der Waals surface area contributed by atoms with Gasteiger partial charge in [0, 0.05) is 17.4 Å². The van der Waals surface area contributed by atoms with E-state index in [-0.39, 0.29) is 25.0 Å². The number of hydrogen-bond donors (Lipinski definition) is 1. The fourth-order valence-corrected chi connectivity index (χ4v) is 3.66. The van der Waals surface area contributed by atoms with E-state index in [0.29, 0.717) is 34.6 Å². The Kier molecular flexibility index (Phi) is 4.80. The first-order valence-electron chi connectivity index (χ1n) is 9.36. The molecule has 1 N–H and O–H groups in total. The van der Waals surface area contributed by atoms with Crippen LogP contribution in [0.25, 0.3) is 10.9 Å². The van der Waals surface area contributed by atoms with E-state index in [1.165, 1.54) is 4.90 Å². The van der Waals surface area contributed by atoms with E-state index in [0.717, 1.165) is 10.9 Å². The fourth-order valence-electron chi connectivity index (χ4n) is 3.66. The SMILES string of the molecule is CCOC(=O)c1[nH]c2ccc(OC)cc2c1CCN1C(=O)c2ccccc2C1=O. The van der Waals surface area contributed by atoms with Gasteiger partial charge in [-0.3, -0.25) is 14.5 Å². The third-order valence-corrected chi connectivity index (χ3v) is 5.06. The number of imide groups is 1. The molecule has 7 nitrogen and oxygen atoms in total. The largest absolute Gasteiger partial charge is 0.497 e. The lowest BCUT2D eigenvalue weighted by atomic mass is 10.1. The quantitative estimate of drug-likeness (QED) is 0.514. The van der Waals surface area contributed by atoms with Crippen LogP contribution in [0.4, 0.5) is 0 Å². The van der Waals surface area contributed by atoms with Gasteiger partial charge < -0.3 is 14.5 Å². The average molecular weight is 392 g/mol. The Morgan fingerprint density at radius 1 is 1.07 bits per heavy atom. The third-order valence-electron chi connectivity index (χ3n) is 5.06. The second-order valence-electron chi connectivity index (χ2n) is 6.67. The first kappa shape index (κ1) is 18.7. The van der Waals surface area contributed by atoms with Crippen molar-refractivity contribution in [3.8, 4) is 5.75 Å². The van der Waals surface area contributed by atoms with Crippen LogP contribution in [0.3, 0.4) is 0 Å². The van der Waals surface area contributed by atoms with Gasteiger partial charge in [-0.2, -0.15) is 0 Å². The van der Waals surface area contributed by atoms with Crippen LogP contribution in [0.1, 0.15) is 43.7 Å².